The molecule has 29 heavy (non-hydrogen) atoms. The lowest BCUT2D eigenvalue weighted by Gasteiger charge is -2.37. The van der Waals surface area contributed by atoms with Crippen molar-refractivity contribution >= 4 is 5.91 Å². The maximum Gasteiger partial charge on any atom is 0.416 e. The summed E-state index contributed by atoms with van der Waals surface area (Å²) in [6.45, 7) is 4.74. The summed E-state index contributed by atoms with van der Waals surface area (Å²) < 4.78 is 43.9. The van der Waals surface area contributed by atoms with E-state index in [1.807, 2.05) is 32.0 Å². The summed E-state index contributed by atoms with van der Waals surface area (Å²) in [7, 11) is 0. The van der Waals surface area contributed by atoms with Gasteiger partial charge in [0.1, 0.15) is 0 Å². The van der Waals surface area contributed by atoms with Crippen molar-refractivity contribution in [3.63, 3.8) is 0 Å². The van der Waals surface area contributed by atoms with Gasteiger partial charge in [0.2, 0.25) is 11.7 Å². The Kier molecular flexibility index (Phi) is 4.64. The molecule has 0 radical (unpaired) electrons. The lowest BCUT2D eigenvalue weighted by Crippen LogP contribution is -2.48. The van der Waals surface area contributed by atoms with Crippen LogP contribution in [0.1, 0.15) is 38.9 Å². The molecule has 5 nitrogen and oxygen atoms in total. The van der Waals surface area contributed by atoms with Gasteiger partial charge in [0.15, 0.2) is 0 Å². The highest BCUT2D eigenvalue weighted by Crippen LogP contribution is 2.33. The molecule has 0 bridgehead atoms. The summed E-state index contributed by atoms with van der Waals surface area (Å²) in [6, 6.07) is 10.5. The first-order chi connectivity index (χ1) is 13.7. The molecule has 8 heteroatoms. The number of carbonyl (C=O) groups is 1. The molecule has 4 rings (SSSR count). The average molecular weight is 401 g/mol. The topological polar surface area (TPSA) is 59.2 Å². The van der Waals surface area contributed by atoms with E-state index in [-0.39, 0.29) is 23.2 Å². The largest absolute Gasteiger partial charge is 0.416 e. The van der Waals surface area contributed by atoms with Crippen molar-refractivity contribution in [2.75, 3.05) is 13.1 Å². The van der Waals surface area contributed by atoms with Crippen LogP contribution in [-0.2, 0) is 6.18 Å². The van der Waals surface area contributed by atoms with Crippen LogP contribution in [0.25, 0.3) is 11.4 Å². The number of aryl methyl sites for hydroxylation is 2. The number of alkyl halides is 3. The van der Waals surface area contributed by atoms with Crippen LogP contribution in [0, 0.1) is 13.8 Å². The fraction of sp³-hybridized carbons (Fsp3) is 0.286. The first-order valence-electron chi connectivity index (χ1n) is 9.09. The third kappa shape index (κ3) is 3.87. The Bertz CT molecular complexity index is 1050. The van der Waals surface area contributed by atoms with Crippen molar-refractivity contribution in [1.82, 2.24) is 15.0 Å². The van der Waals surface area contributed by atoms with E-state index in [0.717, 1.165) is 23.3 Å². The molecule has 1 saturated heterocycles. The highest BCUT2D eigenvalue weighted by molar-refractivity contribution is 5.95. The van der Waals surface area contributed by atoms with E-state index in [1.165, 1.54) is 12.1 Å². The molecule has 3 aromatic rings. The number of benzene rings is 2. The number of hydrogen-bond donors (Lipinski definition) is 0. The fourth-order valence-corrected chi connectivity index (χ4v) is 3.43. The van der Waals surface area contributed by atoms with Crippen LogP contribution in [0.3, 0.4) is 0 Å². The van der Waals surface area contributed by atoms with Crippen LogP contribution in [-0.4, -0.2) is 34.0 Å². The van der Waals surface area contributed by atoms with Crippen LogP contribution < -0.4 is 0 Å². The molecule has 0 N–H and O–H groups in total. The molecule has 1 aliphatic heterocycles. The Morgan fingerprint density at radius 3 is 2.45 bits per heavy atom. The average Bonchev–Trinajstić information content (AvgIpc) is 3.08. The summed E-state index contributed by atoms with van der Waals surface area (Å²) in [4.78, 5) is 18.5. The van der Waals surface area contributed by atoms with Gasteiger partial charge in [0.05, 0.1) is 11.5 Å². The minimum absolute atomic E-state index is 0.0642. The Labute approximate surface area is 165 Å². The van der Waals surface area contributed by atoms with Crippen LogP contribution in [0.15, 0.2) is 47.0 Å². The summed E-state index contributed by atoms with van der Waals surface area (Å²) in [5.74, 6) is 0.231. The van der Waals surface area contributed by atoms with Gasteiger partial charge in [-0.3, -0.25) is 4.79 Å². The molecule has 1 fully saturated rings. The summed E-state index contributed by atoms with van der Waals surface area (Å²) in [5, 5.41) is 3.81. The molecule has 150 valence electrons. The Morgan fingerprint density at radius 2 is 1.79 bits per heavy atom. The van der Waals surface area contributed by atoms with Crippen molar-refractivity contribution in [3.05, 3.63) is 70.6 Å². The van der Waals surface area contributed by atoms with E-state index in [9.17, 15) is 18.0 Å². The van der Waals surface area contributed by atoms with Crippen LogP contribution in [0.5, 0.6) is 0 Å². The first kappa shape index (κ1) is 19.2. The van der Waals surface area contributed by atoms with Crippen LogP contribution in [0.4, 0.5) is 13.2 Å². The number of amides is 1. The summed E-state index contributed by atoms with van der Waals surface area (Å²) in [5.41, 5.74) is 2.14. The Morgan fingerprint density at radius 1 is 1.10 bits per heavy atom. The lowest BCUT2D eigenvalue weighted by atomic mass is 9.97. The van der Waals surface area contributed by atoms with Crippen molar-refractivity contribution in [3.8, 4) is 11.4 Å². The monoisotopic (exact) mass is 401 g/mol. The van der Waals surface area contributed by atoms with Gasteiger partial charge in [-0.1, -0.05) is 34.5 Å². The zero-order valence-electron chi connectivity index (χ0n) is 15.8. The molecule has 1 aromatic heterocycles. The third-order valence-corrected chi connectivity index (χ3v) is 4.88. The SMILES string of the molecule is Cc1cc(C)cc(C(=O)N2CC(c3nc(-c4cccc(C(F)(F)F)c4)no3)C2)c1. The standard InChI is InChI=1S/C21H18F3N3O2/c1-12-6-13(2)8-15(7-12)20(28)27-10-16(11-27)19-25-18(26-29-19)14-4-3-5-17(9-14)21(22,23)24/h3-9,16H,10-11H2,1-2H3. The molecule has 1 amide bonds. The van der Waals surface area contributed by atoms with Gasteiger partial charge in [-0.2, -0.15) is 18.2 Å². The van der Waals surface area contributed by atoms with E-state index >= 15 is 0 Å². The molecule has 2 heterocycles. The lowest BCUT2D eigenvalue weighted by molar-refractivity contribution is -0.137. The molecule has 2 aromatic carbocycles. The second kappa shape index (κ2) is 7.02. The number of nitrogens with zero attached hydrogens (tertiary/aromatic N) is 3. The summed E-state index contributed by atoms with van der Waals surface area (Å²) >= 11 is 0. The number of aromatic nitrogens is 2. The number of hydrogen-bond acceptors (Lipinski definition) is 4. The zero-order chi connectivity index (χ0) is 20.8. The smallest absolute Gasteiger partial charge is 0.339 e. The van der Waals surface area contributed by atoms with E-state index in [1.54, 1.807) is 4.90 Å². The Balaban J connectivity index is 1.45. The van der Waals surface area contributed by atoms with Crippen molar-refractivity contribution < 1.29 is 22.5 Å². The molecule has 0 atom stereocenters. The van der Waals surface area contributed by atoms with E-state index < -0.39 is 11.7 Å². The van der Waals surface area contributed by atoms with Gasteiger partial charge < -0.3 is 9.42 Å². The molecule has 0 aliphatic carbocycles. The Hall–Kier alpha value is -3.16. The number of rotatable bonds is 3. The van der Waals surface area contributed by atoms with Crippen molar-refractivity contribution in [2.45, 2.75) is 25.9 Å². The third-order valence-electron chi connectivity index (χ3n) is 4.88. The predicted molar refractivity (Wildman–Crippen MR) is 99.3 cm³/mol. The summed E-state index contributed by atoms with van der Waals surface area (Å²) in [6.07, 6.45) is -4.44. The van der Waals surface area contributed by atoms with Crippen LogP contribution in [0.2, 0.25) is 0 Å². The fourth-order valence-electron chi connectivity index (χ4n) is 3.43. The van der Waals surface area contributed by atoms with Gasteiger partial charge in [0, 0.05) is 24.2 Å². The van der Waals surface area contributed by atoms with Gasteiger partial charge in [-0.15, -0.1) is 0 Å². The van der Waals surface area contributed by atoms with E-state index in [0.29, 0.717) is 24.5 Å². The zero-order valence-corrected chi connectivity index (χ0v) is 15.8. The second-order valence-corrected chi connectivity index (χ2v) is 7.32. The van der Waals surface area contributed by atoms with Gasteiger partial charge in [0.25, 0.3) is 5.91 Å². The maximum atomic E-state index is 12.9. The minimum Gasteiger partial charge on any atom is -0.339 e. The molecular weight excluding hydrogens is 383 g/mol. The van der Waals surface area contributed by atoms with Gasteiger partial charge in [-0.05, 0) is 38.1 Å². The highest BCUT2D eigenvalue weighted by Gasteiger charge is 2.36. The van der Waals surface area contributed by atoms with E-state index in [2.05, 4.69) is 10.1 Å². The molecule has 1 aliphatic rings. The first-order valence-corrected chi connectivity index (χ1v) is 9.09. The molecule has 0 saturated carbocycles. The van der Waals surface area contributed by atoms with E-state index in [4.69, 9.17) is 4.52 Å². The van der Waals surface area contributed by atoms with Crippen LogP contribution >= 0.6 is 0 Å². The molecule has 0 spiro atoms. The molecule has 0 unspecified atom stereocenters. The van der Waals surface area contributed by atoms with Gasteiger partial charge >= 0.3 is 6.18 Å². The second-order valence-electron chi connectivity index (χ2n) is 7.32. The highest BCUT2D eigenvalue weighted by atomic mass is 19.4. The quantitative estimate of drug-likeness (QED) is 0.643. The number of likely N-dealkylation sites (tertiary alicyclic amines) is 1. The predicted octanol–water partition coefficient (Wildman–Crippen LogP) is 4.61. The number of carbonyl (C=O) groups excluding carboxylic acids is 1. The van der Waals surface area contributed by atoms with Crippen molar-refractivity contribution in [1.29, 1.82) is 0 Å². The normalized spacial score (nSPS) is 14.7. The minimum atomic E-state index is -4.44. The van der Waals surface area contributed by atoms with Crippen molar-refractivity contribution in [2.24, 2.45) is 0 Å². The number of halogens is 3. The van der Waals surface area contributed by atoms with Gasteiger partial charge in [-0.25, -0.2) is 0 Å². The maximum absolute atomic E-state index is 12.9. The molecular formula is C21H18F3N3O2.